The number of fused-ring (bicyclic) bond motifs is 2. The zero-order chi connectivity index (χ0) is 22.9. The largest absolute Gasteiger partial charge is 0.308 e. The molecule has 3 aromatic heterocycles. The Kier molecular flexibility index (Phi) is 5.11. The van der Waals surface area contributed by atoms with E-state index in [1.807, 2.05) is 76.3 Å². The molecule has 0 N–H and O–H groups in total. The number of anilines is 1. The van der Waals surface area contributed by atoms with Gasteiger partial charge in [-0.2, -0.15) is 5.10 Å². The fourth-order valence-corrected chi connectivity index (χ4v) is 4.65. The minimum Gasteiger partial charge on any atom is -0.308 e. The SMILES string of the molecule is O=C(c1cc(-c2ccccc2)nc2c1cnn2Cc1ccncc1)N1CCCc2ccccc21. The minimum atomic E-state index is -0.0137. The van der Waals surface area contributed by atoms with Crippen LogP contribution in [0.3, 0.4) is 0 Å². The summed E-state index contributed by atoms with van der Waals surface area (Å²) < 4.78 is 1.86. The summed E-state index contributed by atoms with van der Waals surface area (Å²) in [7, 11) is 0. The highest BCUT2D eigenvalue weighted by Crippen LogP contribution is 2.31. The molecule has 0 unspecified atom stereocenters. The van der Waals surface area contributed by atoms with Gasteiger partial charge in [-0.3, -0.25) is 9.78 Å². The summed E-state index contributed by atoms with van der Waals surface area (Å²) in [6, 6.07) is 24.0. The van der Waals surface area contributed by atoms with E-state index >= 15 is 0 Å². The Hall–Kier alpha value is -4.32. The lowest BCUT2D eigenvalue weighted by molar-refractivity contribution is 0.0986. The number of carbonyl (C=O) groups excluding carboxylic acids is 1. The van der Waals surface area contributed by atoms with Crippen LogP contribution in [-0.4, -0.2) is 32.2 Å². The molecule has 1 aliphatic heterocycles. The van der Waals surface area contributed by atoms with Crippen LogP contribution in [0.2, 0.25) is 0 Å². The van der Waals surface area contributed by atoms with E-state index in [9.17, 15) is 4.79 Å². The van der Waals surface area contributed by atoms with Gasteiger partial charge < -0.3 is 4.90 Å². The zero-order valence-electron chi connectivity index (χ0n) is 18.6. The molecule has 6 nitrogen and oxygen atoms in total. The lowest BCUT2D eigenvalue weighted by atomic mass is 10.00. The van der Waals surface area contributed by atoms with Crippen LogP contribution in [0.25, 0.3) is 22.3 Å². The maximum Gasteiger partial charge on any atom is 0.259 e. The van der Waals surface area contributed by atoms with Crippen molar-refractivity contribution < 1.29 is 4.79 Å². The fraction of sp³-hybridized carbons (Fsp3) is 0.143. The van der Waals surface area contributed by atoms with Crippen molar-refractivity contribution in [3.63, 3.8) is 0 Å². The molecular weight excluding hydrogens is 422 g/mol. The smallest absolute Gasteiger partial charge is 0.259 e. The van der Waals surface area contributed by atoms with E-state index in [2.05, 4.69) is 16.1 Å². The third-order valence-corrected chi connectivity index (χ3v) is 6.35. The molecule has 1 amide bonds. The summed E-state index contributed by atoms with van der Waals surface area (Å²) in [6.45, 7) is 1.25. The van der Waals surface area contributed by atoms with E-state index < -0.39 is 0 Å². The first kappa shape index (κ1) is 20.3. The molecule has 4 heterocycles. The van der Waals surface area contributed by atoms with Crippen molar-refractivity contribution in [3.8, 4) is 11.3 Å². The van der Waals surface area contributed by atoms with Gasteiger partial charge in [-0.15, -0.1) is 0 Å². The first-order chi connectivity index (χ1) is 16.8. The van der Waals surface area contributed by atoms with Crippen LogP contribution < -0.4 is 4.90 Å². The third-order valence-electron chi connectivity index (χ3n) is 6.35. The number of benzene rings is 2. The van der Waals surface area contributed by atoms with Crippen LogP contribution in [0.1, 0.15) is 27.9 Å². The number of rotatable bonds is 4. The molecule has 0 spiro atoms. The average Bonchev–Trinajstić information content (AvgIpc) is 3.31. The van der Waals surface area contributed by atoms with Gasteiger partial charge in [0, 0.05) is 30.2 Å². The summed E-state index contributed by atoms with van der Waals surface area (Å²) in [4.78, 5) is 24.9. The maximum absolute atomic E-state index is 14.0. The molecule has 6 heteroatoms. The van der Waals surface area contributed by atoms with Gasteiger partial charge >= 0.3 is 0 Å². The highest BCUT2D eigenvalue weighted by atomic mass is 16.2. The van der Waals surface area contributed by atoms with Crippen molar-refractivity contribution in [1.82, 2.24) is 19.7 Å². The van der Waals surface area contributed by atoms with E-state index in [-0.39, 0.29) is 5.91 Å². The topological polar surface area (TPSA) is 63.9 Å². The van der Waals surface area contributed by atoms with Crippen molar-refractivity contribution in [2.45, 2.75) is 19.4 Å². The molecular formula is C28H23N5O. The highest BCUT2D eigenvalue weighted by Gasteiger charge is 2.26. The molecule has 166 valence electrons. The number of aryl methyl sites for hydroxylation is 1. The van der Waals surface area contributed by atoms with E-state index in [0.29, 0.717) is 24.3 Å². The summed E-state index contributed by atoms with van der Waals surface area (Å²) in [5, 5.41) is 5.39. The van der Waals surface area contributed by atoms with Gasteiger partial charge in [0.2, 0.25) is 0 Å². The highest BCUT2D eigenvalue weighted by molar-refractivity contribution is 6.14. The Morgan fingerprint density at radius 1 is 0.941 bits per heavy atom. The molecule has 6 rings (SSSR count). The van der Waals surface area contributed by atoms with Crippen LogP contribution in [-0.2, 0) is 13.0 Å². The summed E-state index contributed by atoms with van der Waals surface area (Å²) in [5.74, 6) is -0.0137. The molecule has 0 fully saturated rings. The molecule has 0 saturated carbocycles. The van der Waals surface area contributed by atoms with E-state index in [0.717, 1.165) is 40.7 Å². The van der Waals surface area contributed by atoms with Gasteiger partial charge in [0.05, 0.1) is 29.4 Å². The van der Waals surface area contributed by atoms with Crippen LogP contribution in [0.5, 0.6) is 0 Å². The van der Waals surface area contributed by atoms with Crippen molar-refractivity contribution in [2.75, 3.05) is 11.4 Å². The molecule has 0 aliphatic carbocycles. The summed E-state index contributed by atoms with van der Waals surface area (Å²) in [6.07, 6.45) is 7.25. The number of pyridine rings is 2. The van der Waals surface area contributed by atoms with Crippen molar-refractivity contribution in [2.24, 2.45) is 0 Å². The van der Waals surface area contributed by atoms with Gasteiger partial charge in [-0.05, 0) is 48.2 Å². The minimum absolute atomic E-state index is 0.0137. The monoisotopic (exact) mass is 445 g/mol. The van der Waals surface area contributed by atoms with Crippen LogP contribution in [0, 0.1) is 0 Å². The Morgan fingerprint density at radius 2 is 1.74 bits per heavy atom. The molecule has 5 aromatic rings. The predicted molar refractivity (Wildman–Crippen MR) is 133 cm³/mol. The van der Waals surface area contributed by atoms with Gasteiger partial charge in [-0.1, -0.05) is 48.5 Å². The normalized spacial score (nSPS) is 13.1. The predicted octanol–water partition coefficient (Wildman–Crippen LogP) is 5.13. The Bertz CT molecular complexity index is 1480. The summed E-state index contributed by atoms with van der Waals surface area (Å²) in [5.41, 5.74) is 6.34. The molecule has 0 radical (unpaired) electrons. The number of hydrogen-bond donors (Lipinski definition) is 0. The average molecular weight is 446 g/mol. The number of hydrogen-bond acceptors (Lipinski definition) is 4. The standard InChI is InChI=1S/C28H23N5O/c34-28(32-16-6-10-22-9-4-5-11-26(22)32)23-17-25(21-7-2-1-3-8-21)31-27-24(23)18-30-33(27)19-20-12-14-29-15-13-20/h1-5,7-9,11-15,17-18H,6,10,16,19H2. The molecule has 0 atom stereocenters. The first-order valence-electron chi connectivity index (χ1n) is 11.5. The van der Waals surface area contributed by atoms with Crippen molar-refractivity contribution in [3.05, 3.63) is 108 Å². The lowest BCUT2D eigenvalue weighted by Gasteiger charge is -2.29. The van der Waals surface area contributed by atoms with Gasteiger partial charge in [-0.25, -0.2) is 9.67 Å². The van der Waals surface area contributed by atoms with E-state index in [1.54, 1.807) is 18.6 Å². The quantitative estimate of drug-likeness (QED) is 0.385. The molecule has 1 aliphatic rings. The second-order valence-corrected chi connectivity index (χ2v) is 8.51. The number of aromatic nitrogens is 4. The Morgan fingerprint density at radius 3 is 2.59 bits per heavy atom. The molecule has 0 saturated heterocycles. The second kappa shape index (κ2) is 8.56. The van der Waals surface area contributed by atoms with Gasteiger partial charge in [0.25, 0.3) is 5.91 Å². The van der Waals surface area contributed by atoms with Gasteiger partial charge in [0.1, 0.15) is 0 Å². The Balaban J connectivity index is 1.50. The number of carbonyl (C=O) groups is 1. The van der Waals surface area contributed by atoms with Crippen LogP contribution >= 0.6 is 0 Å². The van der Waals surface area contributed by atoms with Crippen molar-refractivity contribution in [1.29, 1.82) is 0 Å². The van der Waals surface area contributed by atoms with Crippen molar-refractivity contribution >= 4 is 22.6 Å². The fourth-order valence-electron chi connectivity index (χ4n) is 4.65. The number of para-hydroxylation sites is 1. The molecule has 0 bridgehead atoms. The lowest BCUT2D eigenvalue weighted by Crippen LogP contribution is -2.35. The number of nitrogens with zero attached hydrogens (tertiary/aromatic N) is 5. The Labute approximate surface area is 197 Å². The third kappa shape index (κ3) is 3.63. The van der Waals surface area contributed by atoms with Crippen LogP contribution in [0.4, 0.5) is 5.69 Å². The van der Waals surface area contributed by atoms with Crippen LogP contribution in [0.15, 0.2) is 91.4 Å². The van der Waals surface area contributed by atoms with Gasteiger partial charge in [0.15, 0.2) is 5.65 Å². The number of amides is 1. The zero-order valence-corrected chi connectivity index (χ0v) is 18.6. The molecule has 2 aromatic carbocycles. The second-order valence-electron chi connectivity index (χ2n) is 8.51. The molecule has 34 heavy (non-hydrogen) atoms. The summed E-state index contributed by atoms with van der Waals surface area (Å²) >= 11 is 0. The van der Waals surface area contributed by atoms with E-state index in [1.165, 1.54) is 5.56 Å². The van der Waals surface area contributed by atoms with E-state index in [4.69, 9.17) is 4.98 Å². The maximum atomic E-state index is 14.0. The first-order valence-corrected chi connectivity index (χ1v) is 11.5.